The number of fused-ring (bicyclic) bond motifs is 1. The van der Waals surface area contributed by atoms with Crippen LogP contribution in [0.4, 0.5) is 15.4 Å². The highest BCUT2D eigenvalue weighted by Crippen LogP contribution is 2.42. The Morgan fingerprint density at radius 1 is 0.957 bits per heavy atom. The summed E-state index contributed by atoms with van der Waals surface area (Å²) in [7, 11) is 0. The molecule has 1 saturated carbocycles. The predicted octanol–water partition coefficient (Wildman–Crippen LogP) is 7.63. The molecule has 1 aliphatic carbocycles. The molecule has 46 heavy (non-hydrogen) atoms. The van der Waals surface area contributed by atoms with Crippen molar-refractivity contribution in [3.8, 4) is 11.3 Å². The molecule has 1 aliphatic heterocycles. The third kappa shape index (κ3) is 7.22. The van der Waals surface area contributed by atoms with E-state index < -0.39 is 17.3 Å². The van der Waals surface area contributed by atoms with Crippen molar-refractivity contribution in [1.82, 2.24) is 24.5 Å². The van der Waals surface area contributed by atoms with E-state index in [1.807, 2.05) is 96.3 Å². The van der Waals surface area contributed by atoms with Crippen molar-refractivity contribution >= 4 is 29.2 Å². The summed E-state index contributed by atoms with van der Waals surface area (Å²) < 4.78 is 13.4. The summed E-state index contributed by atoms with van der Waals surface area (Å²) in [4.78, 5) is 39.8. The molecule has 3 aromatic heterocycles. The SMILES string of the molecule is CC(C)(C)OC(=O)N1CCC=C(c2cc(N(Cc3ccc(-c4ccccn4)cc3)C(=O)OC(C)(C)C)n3ncc(C4CC4)c3n2)C1. The molecular formula is C36H42N6O4. The average molecular weight is 623 g/mol. The Kier molecular flexibility index (Phi) is 8.31. The number of aromatic nitrogens is 4. The molecule has 0 saturated heterocycles. The Hall–Kier alpha value is -4.73. The molecule has 4 aromatic rings. The van der Waals surface area contributed by atoms with E-state index in [1.165, 1.54) is 0 Å². The minimum atomic E-state index is -0.712. The average Bonchev–Trinajstić information content (AvgIpc) is 3.76. The number of anilines is 1. The van der Waals surface area contributed by atoms with E-state index in [0.717, 1.165) is 40.8 Å². The van der Waals surface area contributed by atoms with Gasteiger partial charge in [0.25, 0.3) is 0 Å². The zero-order valence-corrected chi connectivity index (χ0v) is 27.5. The van der Waals surface area contributed by atoms with Crippen molar-refractivity contribution in [3.05, 3.63) is 83.8 Å². The first-order valence-electron chi connectivity index (χ1n) is 15.9. The maximum absolute atomic E-state index is 14.0. The summed E-state index contributed by atoms with van der Waals surface area (Å²) in [6, 6.07) is 15.7. The number of hydrogen-bond acceptors (Lipinski definition) is 7. The van der Waals surface area contributed by atoms with Gasteiger partial charge < -0.3 is 14.4 Å². The summed E-state index contributed by atoms with van der Waals surface area (Å²) in [5.41, 5.74) is 4.84. The lowest BCUT2D eigenvalue weighted by Crippen LogP contribution is -2.40. The van der Waals surface area contributed by atoms with Gasteiger partial charge in [0.1, 0.15) is 17.0 Å². The smallest absolute Gasteiger partial charge is 0.416 e. The molecule has 0 unspecified atom stereocenters. The number of benzene rings is 1. The van der Waals surface area contributed by atoms with Gasteiger partial charge >= 0.3 is 12.2 Å². The highest BCUT2D eigenvalue weighted by molar-refractivity contribution is 5.88. The molecule has 4 heterocycles. The molecule has 6 rings (SSSR count). The van der Waals surface area contributed by atoms with Gasteiger partial charge in [-0.1, -0.05) is 36.4 Å². The van der Waals surface area contributed by atoms with E-state index >= 15 is 0 Å². The van der Waals surface area contributed by atoms with E-state index in [0.29, 0.717) is 42.6 Å². The number of rotatable bonds is 6. The zero-order chi connectivity index (χ0) is 32.6. The minimum Gasteiger partial charge on any atom is -0.444 e. The van der Waals surface area contributed by atoms with Crippen molar-refractivity contribution in [1.29, 1.82) is 0 Å². The summed E-state index contributed by atoms with van der Waals surface area (Å²) in [6.45, 7) is 12.3. The van der Waals surface area contributed by atoms with Gasteiger partial charge in [-0.15, -0.1) is 0 Å². The summed E-state index contributed by atoms with van der Waals surface area (Å²) in [5.74, 6) is 0.936. The fraction of sp³-hybridized carbons (Fsp3) is 0.417. The Labute approximate surface area is 270 Å². The molecule has 2 amide bonds. The minimum absolute atomic E-state index is 0.248. The van der Waals surface area contributed by atoms with Gasteiger partial charge in [-0.3, -0.25) is 9.88 Å². The summed E-state index contributed by atoms with van der Waals surface area (Å²) >= 11 is 0. The van der Waals surface area contributed by atoms with Gasteiger partial charge in [0.2, 0.25) is 0 Å². The molecular weight excluding hydrogens is 580 g/mol. The normalized spacial score (nSPS) is 15.4. The maximum atomic E-state index is 14.0. The van der Waals surface area contributed by atoms with E-state index in [4.69, 9.17) is 19.6 Å². The molecule has 10 heteroatoms. The van der Waals surface area contributed by atoms with Crippen LogP contribution < -0.4 is 4.90 Å². The fourth-order valence-corrected chi connectivity index (χ4v) is 5.47. The second-order valence-electron chi connectivity index (χ2n) is 14.0. The standard InChI is InChI=1S/C36H42N6O4/c1-35(2,3)45-33(43)40-19-9-10-27(23-40)30-20-31(42-32(39-30)28(21-38-42)25-16-17-25)41(34(44)46-36(4,5)6)22-24-12-14-26(15-13-24)29-11-7-8-18-37-29/h7-8,10-15,18,20-21,25H,9,16-17,19,22-23H2,1-6H3. The lowest BCUT2D eigenvalue weighted by Gasteiger charge is -2.31. The molecule has 0 atom stereocenters. The second kappa shape index (κ2) is 12.2. The van der Waals surface area contributed by atoms with E-state index in [2.05, 4.69) is 11.1 Å². The zero-order valence-electron chi connectivity index (χ0n) is 27.5. The molecule has 0 bridgehead atoms. The van der Waals surface area contributed by atoms with Crippen LogP contribution in [0, 0.1) is 0 Å². The highest BCUT2D eigenvalue weighted by Gasteiger charge is 2.32. The van der Waals surface area contributed by atoms with Gasteiger partial charge in [0, 0.05) is 29.9 Å². The molecule has 0 N–H and O–H groups in total. The lowest BCUT2D eigenvalue weighted by molar-refractivity contribution is 0.0272. The second-order valence-corrected chi connectivity index (χ2v) is 14.0. The lowest BCUT2D eigenvalue weighted by atomic mass is 10.1. The topological polar surface area (TPSA) is 102 Å². The highest BCUT2D eigenvalue weighted by atomic mass is 16.6. The molecule has 240 valence electrons. The van der Waals surface area contributed by atoms with Gasteiger partial charge in [-0.25, -0.2) is 14.6 Å². The van der Waals surface area contributed by atoms with Crippen LogP contribution in [0.2, 0.25) is 0 Å². The quantitative estimate of drug-likeness (QED) is 0.218. The Morgan fingerprint density at radius 3 is 2.35 bits per heavy atom. The van der Waals surface area contributed by atoms with Crippen LogP contribution >= 0.6 is 0 Å². The van der Waals surface area contributed by atoms with Crippen LogP contribution in [0.15, 0.2) is 67.0 Å². The number of carbonyl (C=O) groups is 2. The van der Waals surface area contributed by atoms with Crippen molar-refractivity contribution < 1.29 is 19.1 Å². The summed E-state index contributed by atoms with van der Waals surface area (Å²) in [6.07, 6.45) is 7.74. The van der Waals surface area contributed by atoms with Crippen LogP contribution in [0.25, 0.3) is 22.5 Å². The molecule has 2 aliphatic rings. The fourth-order valence-electron chi connectivity index (χ4n) is 5.47. The Morgan fingerprint density at radius 2 is 1.70 bits per heavy atom. The van der Waals surface area contributed by atoms with Crippen LogP contribution in [0.1, 0.15) is 83.5 Å². The molecule has 0 radical (unpaired) electrons. The molecule has 1 aromatic carbocycles. The number of ether oxygens (including phenoxy) is 2. The first-order valence-corrected chi connectivity index (χ1v) is 15.9. The summed E-state index contributed by atoms with van der Waals surface area (Å²) in [5, 5.41) is 4.74. The van der Waals surface area contributed by atoms with E-state index in [-0.39, 0.29) is 12.6 Å². The largest absolute Gasteiger partial charge is 0.444 e. The van der Waals surface area contributed by atoms with E-state index in [1.54, 1.807) is 20.5 Å². The van der Waals surface area contributed by atoms with E-state index in [9.17, 15) is 9.59 Å². The first kappa shape index (κ1) is 31.3. The molecule has 0 spiro atoms. The molecule has 1 fully saturated rings. The van der Waals surface area contributed by atoms with Gasteiger partial charge in [0.15, 0.2) is 5.65 Å². The molecule has 10 nitrogen and oxygen atoms in total. The maximum Gasteiger partial charge on any atom is 0.416 e. The van der Waals surface area contributed by atoms with Crippen LogP contribution in [0.3, 0.4) is 0 Å². The first-order chi connectivity index (χ1) is 21.8. The monoisotopic (exact) mass is 622 g/mol. The van der Waals surface area contributed by atoms with Crippen molar-refractivity contribution in [2.75, 3.05) is 18.0 Å². The van der Waals surface area contributed by atoms with Crippen LogP contribution in [-0.4, -0.2) is 61.0 Å². The van der Waals surface area contributed by atoms with Crippen molar-refractivity contribution in [2.24, 2.45) is 0 Å². The van der Waals surface area contributed by atoms with Crippen LogP contribution in [0.5, 0.6) is 0 Å². The number of hydrogen-bond donors (Lipinski definition) is 0. The van der Waals surface area contributed by atoms with Gasteiger partial charge in [-0.05, 0) is 90.0 Å². The van der Waals surface area contributed by atoms with Crippen molar-refractivity contribution in [3.63, 3.8) is 0 Å². The van der Waals surface area contributed by atoms with Gasteiger partial charge in [-0.2, -0.15) is 9.61 Å². The third-order valence-corrected chi connectivity index (χ3v) is 7.77. The predicted molar refractivity (Wildman–Crippen MR) is 177 cm³/mol. The Balaban J connectivity index is 1.40. The number of carbonyl (C=O) groups excluding carboxylic acids is 2. The Bertz CT molecular complexity index is 1760. The third-order valence-electron chi connectivity index (χ3n) is 7.77. The number of pyridine rings is 1. The van der Waals surface area contributed by atoms with Crippen LogP contribution in [-0.2, 0) is 16.0 Å². The van der Waals surface area contributed by atoms with Crippen molar-refractivity contribution in [2.45, 2.75) is 84.5 Å². The number of amides is 2. The number of nitrogens with zero attached hydrogens (tertiary/aromatic N) is 6. The van der Waals surface area contributed by atoms with Gasteiger partial charge in [0.05, 0.1) is 30.7 Å².